The van der Waals surface area contributed by atoms with Gasteiger partial charge in [0.15, 0.2) is 0 Å². The molecule has 3 heteroatoms. The second-order valence-electron chi connectivity index (χ2n) is 3.71. The lowest BCUT2D eigenvalue weighted by Gasteiger charge is -2.20. The Labute approximate surface area is 82.2 Å². The Bertz CT molecular complexity index is 312. The van der Waals surface area contributed by atoms with Crippen LogP contribution in [0.4, 0.5) is 0 Å². The number of rotatable bonds is 3. The van der Waals surface area contributed by atoms with Gasteiger partial charge in [0.25, 0.3) is 0 Å². The molecule has 13 heavy (non-hydrogen) atoms. The first-order chi connectivity index (χ1) is 5.97. The summed E-state index contributed by atoms with van der Waals surface area (Å²) >= 11 is 1.37. The zero-order chi connectivity index (χ0) is 10.1. The van der Waals surface area contributed by atoms with Gasteiger partial charge in [-0.05, 0) is 24.0 Å². The first-order valence-corrected chi connectivity index (χ1v) is 5.12. The molecule has 0 radical (unpaired) electrons. The number of aromatic carboxylic acids is 1. The van der Waals surface area contributed by atoms with Crippen LogP contribution in [0.2, 0.25) is 0 Å². The molecule has 0 atom stereocenters. The number of carboxylic acid groups (broad SMARTS) is 1. The SMILES string of the molecule is CCC(C)(C)c1ccc(C(=O)O)s1. The van der Waals surface area contributed by atoms with Crippen molar-refractivity contribution in [3.8, 4) is 0 Å². The summed E-state index contributed by atoms with van der Waals surface area (Å²) in [6.07, 6.45) is 1.02. The Morgan fingerprint density at radius 1 is 1.54 bits per heavy atom. The van der Waals surface area contributed by atoms with E-state index in [2.05, 4.69) is 20.8 Å². The van der Waals surface area contributed by atoms with E-state index in [0.717, 1.165) is 11.3 Å². The highest BCUT2D eigenvalue weighted by atomic mass is 32.1. The van der Waals surface area contributed by atoms with E-state index in [0.29, 0.717) is 4.88 Å². The van der Waals surface area contributed by atoms with Gasteiger partial charge >= 0.3 is 5.97 Å². The minimum Gasteiger partial charge on any atom is -0.477 e. The number of thiophene rings is 1. The average Bonchev–Trinajstić information content (AvgIpc) is 2.52. The average molecular weight is 198 g/mol. The largest absolute Gasteiger partial charge is 0.477 e. The second-order valence-corrected chi connectivity index (χ2v) is 4.79. The molecule has 0 bridgehead atoms. The molecule has 0 unspecified atom stereocenters. The highest BCUT2D eigenvalue weighted by Gasteiger charge is 2.21. The molecule has 1 aromatic rings. The molecule has 0 spiro atoms. The molecule has 72 valence electrons. The van der Waals surface area contributed by atoms with Crippen LogP contribution in [0.15, 0.2) is 12.1 Å². The summed E-state index contributed by atoms with van der Waals surface area (Å²) in [5.74, 6) is -0.830. The predicted octanol–water partition coefficient (Wildman–Crippen LogP) is 3.13. The fourth-order valence-electron chi connectivity index (χ4n) is 0.991. The van der Waals surface area contributed by atoms with Gasteiger partial charge in [-0.1, -0.05) is 20.8 Å². The molecule has 1 rings (SSSR count). The van der Waals surface area contributed by atoms with Crippen LogP contribution in [0.3, 0.4) is 0 Å². The molecule has 0 aliphatic heterocycles. The van der Waals surface area contributed by atoms with E-state index >= 15 is 0 Å². The van der Waals surface area contributed by atoms with Crippen LogP contribution in [0, 0.1) is 0 Å². The van der Waals surface area contributed by atoms with Crippen molar-refractivity contribution in [1.82, 2.24) is 0 Å². The maximum absolute atomic E-state index is 10.6. The maximum Gasteiger partial charge on any atom is 0.345 e. The fourth-order valence-corrected chi connectivity index (χ4v) is 2.01. The third kappa shape index (κ3) is 2.10. The van der Waals surface area contributed by atoms with Crippen LogP contribution in [0.25, 0.3) is 0 Å². The normalized spacial score (nSPS) is 11.6. The third-order valence-electron chi connectivity index (χ3n) is 2.37. The van der Waals surface area contributed by atoms with Crippen LogP contribution in [0.5, 0.6) is 0 Å². The number of hydrogen-bond acceptors (Lipinski definition) is 2. The molecule has 0 saturated carbocycles. The van der Waals surface area contributed by atoms with E-state index in [4.69, 9.17) is 5.11 Å². The van der Waals surface area contributed by atoms with E-state index in [1.54, 1.807) is 6.07 Å². The Morgan fingerprint density at radius 2 is 2.15 bits per heavy atom. The van der Waals surface area contributed by atoms with Gasteiger partial charge in [0.05, 0.1) is 0 Å². The summed E-state index contributed by atoms with van der Waals surface area (Å²) in [6, 6.07) is 3.59. The van der Waals surface area contributed by atoms with Gasteiger partial charge in [0.2, 0.25) is 0 Å². The van der Waals surface area contributed by atoms with Crippen molar-refractivity contribution in [2.75, 3.05) is 0 Å². The smallest absolute Gasteiger partial charge is 0.345 e. The minimum absolute atomic E-state index is 0.0956. The monoisotopic (exact) mass is 198 g/mol. The zero-order valence-electron chi connectivity index (χ0n) is 8.13. The van der Waals surface area contributed by atoms with Gasteiger partial charge in [-0.3, -0.25) is 0 Å². The van der Waals surface area contributed by atoms with Gasteiger partial charge in [-0.15, -0.1) is 11.3 Å². The standard InChI is InChI=1S/C10H14O2S/c1-4-10(2,3)8-6-5-7(13-8)9(11)12/h5-6H,4H2,1-3H3,(H,11,12). The molecule has 0 aliphatic carbocycles. The van der Waals surface area contributed by atoms with Crippen molar-refractivity contribution in [2.24, 2.45) is 0 Å². The third-order valence-corrected chi connectivity index (χ3v) is 3.81. The van der Waals surface area contributed by atoms with Crippen LogP contribution >= 0.6 is 11.3 Å². The van der Waals surface area contributed by atoms with Crippen molar-refractivity contribution in [2.45, 2.75) is 32.6 Å². The van der Waals surface area contributed by atoms with Crippen molar-refractivity contribution >= 4 is 17.3 Å². The second kappa shape index (κ2) is 3.50. The molecule has 0 aromatic carbocycles. The molecule has 1 aromatic heterocycles. The molecular weight excluding hydrogens is 184 g/mol. The molecule has 1 heterocycles. The molecule has 0 aliphatic rings. The van der Waals surface area contributed by atoms with Gasteiger partial charge in [-0.25, -0.2) is 4.79 Å². The van der Waals surface area contributed by atoms with Crippen LogP contribution < -0.4 is 0 Å². The molecule has 1 N–H and O–H groups in total. The Kier molecular flexibility index (Phi) is 2.76. The molecule has 2 nitrogen and oxygen atoms in total. The van der Waals surface area contributed by atoms with Gasteiger partial charge < -0.3 is 5.11 Å². The summed E-state index contributed by atoms with van der Waals surface area (Å²) in [4.78, 5) is 12.2. The summed E-state index contributed by atoms with van der Waals surface area (Å²) in [5.41, 5.74) is 0.0956. The first kappa shape index (κ1) is 10.3. The van der Waals surface area contributed by atoms with Crippen LogP contribution in [-0.4, -0.2) is 11.1 Å². The summed E-state index contributed by atoms with van der Waals surface area (Å²) in [7, 11) is 0. The first-order valence-electron chi connectivity index (χ1n) is 4.31. The van der Waals surface area contributed by atoms with E-state index in [1.807, 2.05) is 6.07 Å². The zero-order valence-corrected chi connectivity index (χ0v) is 8.94. The van der Waals surface area contributed by atoms with E-state index in [1.165, 1.54) is 11.3 Å². The lowest BCUT2D eigenvalue weighted by Crippen LogP contribution is -2.12. The number of carboxylic acids is 1. The Hall–Kier alpha value is -0.830. The van der Waals surface area contributed by atoms with E-state index < -0.39 is 5.97 Å². The molecular formula is C10H14O2S. The summed E-state index contributed by atoms with van der Waals surface area (Å²) in [5, 5.41) is 8.75. The minimum atomic E-state index is -0.830. The molecule has 0 saturated heterocycles. The highest BCUT2D eigenvalue weighted by Crippen LogP contribution is 2.32. The topological polar surface area (TPSA) is 37.3 Å². The van der Waals surface area contributed by atoms with Gasteiger partial charge in [0.1, 0.15) is 4.88 Å². The quantitative estimate of drug-likeness (QED) is 0.810. The maximum atomic E-state index is 10.6. The van der Waals surface area contributed by atoms with Gasteiger partial charge in [-0.2, -0.15) is 0 Å². The van der Waals surface area contributed by atoms with Crippen LogP contribution in [0.1, 0.15) is 41.7 Å². The highest BCUT2D eigenvalue weighted by molar-refractivity contribution is 7.14. The van der Waals surface area contributed by atoms with E-state index in [-0.39, 0.29) is 5.41 Å². The lowest BCUT2D eigenvalue weighted by atomic mass is 9.89. The lowest BCUT2D eigenvalue weighted by molar-refractivity contribution is 0.0702. The van der Waals surface area contributed by atoms with Crippen LogP contribution in [-0.2, 0) is 5.41 Å². The Morgan fingerprint density at radius 3 is 2.54 bits per heavy atom. The van der Waals surface area contributed by atoms with Gasteiger partial charge in [0, 0.05) is 4.88 Å². The van der Waals surface area contributed by atoms with Crippen molar-refractivity contribution in [3.05, 3.63) is 21.9 Å². The molecule has 0 fully saturated rings. The fraction of sp³-hybridized carbons (Fsp3) is 0.500. The van der Waals surface area contributed by atoms with Crippen molar-refractivity contribution in [3.63, 3.8) is 0 Å². The summed E-state index contributed by atoms with van der Waals surface area (Å²) < 4.78 is 0. The molecule has 0 amide bonds. The van der Waals surface area contributed by atoms with E-state index in [9.17, 15) is 4.79 Å². The van der Waals surface area contributed by atoms with Crippen molar-refractivity contribution < 1.29 is 9.90 Å². The predicted molar refractivity (Wildman–Crippen MR) is 54.6 cm³/mol. The number of carbonyl (C=O) groups is 1. The summed E-state index contributed by atoms with van der Waals surface area (Å²) in [6.45, 7) is 6.37. The number of hydrogen-bond donors (Lipinski definition) is 1. The van der Waals surface area contributed by atoms with Crippen molar-refractivity contribution in [1.29, 1.82) is 0 Å². The Balaban J connectivity index is 2.98.